The van der Waals surface area contributed by atoms with Crippen LogP contribution in [0.5, 0.6) is 0 Å². The van der Waals surface area contributed by atoms with Gasteiger partial charge in [0.2, 0.25) is 0 Å². The van der Waals surface area contributed by atoms with E-state index in [4.69, 9.17) is 14.2 Å². The second kappa shape index (κ2) is 6.15. The molecule has 27 heavy (non-hydrogen) atoms. The van der Waals surface area contributed by atoms with Crippen LogP contribution in [0.3, 0.4) is 0 Å². The van der Waals surface area contributed by atoms with E-state index in [0.717, 1.165) is 44.9 Å². The van der Waals surface area contributed by atoms with Crippen LogP contribution in [0.4, 0.5) is 0 Å². The van der Waals surface area contributed by atoms with Crippen molar-refractivity contribution in [3.05, 3.63) is 11.1 Å². The summed E-state index contributed by atoms with van der Waals surface area (Å²) >= 11 is 0. The SMILES string of the molecule is CC(=O)O[C@H]1CC[C@H]2[C@@H]3C(=O)CC4=C(CCC5(C4)OCCO5)[C@H]3CC[C@]12C. The van der Waals surface area contributed by atoms with Crippen molar-refractivity contribution in [2.24, 2.45) is 23.2 Å². The minimum Gasteiger partial charge on any atom is -0.462 e. The van der Waals surface area contributed by atoms with Crippen LogP contribution in [0, 0.1) is 23.2 Å². The lowest BCUT2D eigenvalue weighted by molar-refractivity contribution is -0.167. The van der Waals surface area contributed by atoms with Gasteiger partial charge in [0.15, 0.2) is 5.79 Å². The molecule has 3 fully saturated rings. The van der Waals surface area contributed by atoms with Gasteiger partial charge in [-0.3, -0.25) is 9.59 Å². The predicted molar refractivity (Wildman–Crippen MR) is 97.7 cm³/mol. The number of Topliss-reactive ketones (excluding diaryl/α,β-unsaturated/α-hetero) is 1. The molecule has 2 saturated carbocycles. The predicted octanol–water partition coefficient (Wildman–Crippen LogP) is 3.56. The molecule has 1 heterocycles. The first-order chi connectivity index (χ1) is 12.9. The lowest BCUT2D eigenvalue weighted by Crippen LogP contribution is -2.50. The van der Waals surface area contributed by atoms with Crippen LogP contribution in [0.1, 0.15) is 65.2 Å². The molecular formula is C22H30O5. The number of ether oxygens (including phenoxy) is 3. The van der Waals surface area contributed by atoms with Gasteiger partial charge >= 0.3 is 5.97 Å². The van der Waals surface area contributed by atoms with Gasteiger partial charge in [0.05, 0.1) is 13.2 Å². The molecule has 0 aromatic carbocycles. The molecule has 148 valence electrons. The van der Waals surface area contributed by atoms with E-state index in [2.05, 4.69) is 6.92 Å². The maximum Gasteiger partial charge on any atom is 0.302 e. The van der Waals surface area contributed by atoms with E-state index in [1.807, 2.05) is 0 Å². The largest absolute Gasteiger partial charge is 0.462 e. The van der Waals surface area contributed by atoms with E-state index in [9.17, 15) is 9.59 Å². The molecule has 0 aromatic heterocycles. The van der Waals surface area contributed by atoms with E-state index < -0.39 is 5.79 Å². The molecular weight excluding hydrogens is 344 g/mol. The second-order valence-corrected chi connectivity index (χ2v) is 9.51. The Morgan fingerprint density at radius 1 is 1.15 bits per heavy atom. The summed E-state index contributed by atoms with van der Waals surface area (Å²) in [6, 6.07) is 0. The number of carbonyl (C=O) groups is 2. The number of allylic oxidation sites excluding steroid dienone is 1. The molecule has 0 aromatic rings. The average Bonchev–Trinajstić information content (AvgIpc) is 3.19. The summed E-state index contributed by atoms with van der Waals surface area (Å²) in [4.78, 5) is 24.8. The van der Waals surface area contributed by atoms with Gasteiger partial charge in [-0.15, -0.1) is 0 Å². The Balaban J connectivity index is 1.43. The van der Waals surface area contributed by atoms with Crippen molar-refractivity contribution in [1.29, 1.82) is 0 Å². The first-order valence-corrected chi connectivity index (χ1v) is 10.6. The van der Waals surface area contributed by atoms with Crippen molar-refractivity contribution in [3.8, 4) is 0 Å². The summed E-state index contributed by atoms with van der Waals surface area (Å²) in [5, 5.41) is 0. The first-order valence-electron chi connectivity index (χ1n) is 10.6. The van der Waals surface area contributed by atoms with Crippen LogP contribution in [-0.2, 0) is 23.8 Å². The molecule has 0 unspecified atom stereocenters. The van der Waals surface area contributed by atoms with Gasteiger partial charge in [-0.25, -0.2) is 0 Å². The topological polar surface area (TPSA) is 61.8 Å². The molecule has 0 amide bonds. The van der Waals surface area contributed by atoms with Gasteiger partial charge in [-0.2, -0.15) is 0 Å². The monoisotopic (exact) mass is 374 g/mol. The zero-order valence-corrected chi connectivity index (χ0v) is 16.4. The highest BCUT2D eigenvalue weighted by molar-refractivity contribution is 5.86. The number of hydrogen-bond donors (Lipinski definition) is 0. The summed E-state index contributed by atoms with van der Waals surface area (Å²) in [6.45, 7) is 5.08. The maximum atomic E-state index is 13.3. The maximum absolute atomic E-state index is 13.3. The van der Waals surface area contributed by atoms with Gasteiger partial charge in [0.25, 0.3) is 0 Å². The molecule has 1 aliphatic heterocycles. The molecule has 1 saturated heterocycles. The van der Waals surface area contributed by atoms with Crippen LogP contribution in [0.25, 0.3) is 0 Å². The van der Waals surface area contributed by atoms with Gasteiger partial charge in [0.1, 0.15) is 11.9 Å². The molecule has 5 aliphatic rings. The van der Waals surface area contributed by atoms with Gasteiger partial charge < -0.3 is 14.2 Å². The number of carbonyl (C=O) groups excluding carboxylic acids is 2. The molecule has 5 atom stereocenters. The molecule has 0 N–H and O–H groups in total. The molecule has 5 nitrogen and oxygen atoms in total. The van der Waals surface area contributed by atoms with Crippen molar-refractivity contribution < 1.29 is 23.8 Å². The van der Waals surface area contributed by atoms with Gasteiger partial charge in [0, 0.05) is 37.5 Å². The highest BCUT2D eigenvalue weighted by atomic mass is 16.7. The summed E-state index contributed by atoms with van der Waals surface area (Å²) < 4.78 is 17.5. The summed E-state index contributed by atoms with van der Waals surface area (Å²) in [5.41, 5.74) is 2.78. The standard InChI is InChI=1S/C22H30O5/c1-13(23)27-19-4-3-17-20-16(5-7-21(17,19)2)15-6-8-22(25-9-10-26-22)12-14(15)11-18(20)24/h16-17,19-20H,3-12H2,1-2H3/t16-,17+,19+,20-,21+/m1/s1. The van der Waals surface area contributed by atoms with Crippen LogP contribution < -0.4 is 0 Å². The lowest BCUT2D eigenvalue weighted by atomic mass is 9.53. The molecule has 5 heteroatoms. The lowest BCUT2D eigenvalue weighted by Gasteiger charge is -2.51. The smallest absolute Gasteiger partial charge is 0.302 e. The third-order valence-corrected chi connectivity index (χ3v) is 8.22. The van der Waals surface area contributed by atoms with Crippen LogP contribution >= 0.6 is 0 Å². The zero-order chi connectivity index (χ0) is 18.8. The third kappa shape index (κ3) is 2.65. The Morgan fingerprint density at radius 2 is 1.93 bits per heavy atom. The summed E-state index contributed by atoms with van der Waals surface area (Å²) in [6.07, 6.45) is 7.20. The number of hydrogen-bond acceptors (Lipinski definition) is 5. The molecule has 0 radical (unpaired) electrons. The van der Waals surface area contributed by atoms with E-state index in [0.29, 0.717) is 37.3 Å². The van der Waals surface area contributed by atoms with Gasteiger partial charge in [-0.1, -0.05) is 18.1 Å². The first kappa shape index (κ1) is 17.9. The Labute approximate surface area is 160 Å². The summed E-state index contributed by atoms with van der Waals surface area (Å²) in [5.74, 6) is 0.586. The normalized spacial score (nSPS) is 42.7. The quantitative estimate of drug-likeness (QED) is 0.519. The minimum absolute atomic E-state index is 0.0287. The number of rotatable bonds is 1. The Morgan fingerprint density at radius 3 is 2.67 bits per heavy atom. The Kier molecular flexibility index (Phi) is 4.07. The van der Waals surface area contributed by atoms with Crippen molar-refractivity contribution in [1.82, 2.24) is 0 Å². The number of esters is 1. The van der Waals surface area contributed by atoms with Gasteiger partial charge in [-0.05, 0) is 43.9 Å². The fourth-order valence-corrected chi connectivity index (χ4v) is 7.05. The number of ketones is 1. The van der Waals surface area contributed by atoms with E-state index in [-0.39, 0.29) is 23.4 Å². The highest BCUT2D eigenvalue weighted by Gasteiger charge is 2.59. The van der Waals surface area contributed by atoms with Crippen LogP contribution in [0.2, 0.25) is 0 Å². The van der Waals surface area contributed by atoms with Crippen molar-refractivity contribution in [2.45, 2.75) is 77.1 Å². The van der Waals surface area contributed by atoms with Crippen molar-refractivity contribution >= 4 is 11.8 Å². The zero-order valence-electron chi connectivity index (χ0n) is 16.4. The molecule has 4 aliphatic carbocycles. The Bertz CT molecular complexity index is 703. The average molecular weight is 374 g/mol. The second-order valence-electron chi connectivity index (χ2n) is 9.51. The number of fused-ring (bicyclic) bond motifs is 4. The minimum atomic E-state index is -0.455. The third-order valence-electron chi connectivity index (χ3n) is 8.22. The fourth-order valence-electron chi connectivity index (χ4n) is 7.05. The van der Waals surface area contributed by atoms with E-state index in [1.165, 1.54) is 18.1 Å². The Hall–Kier alpha value is -1.20. The fraction of sp³-hybridized carbons (Fsp3) is 0.818. The van der Waals surface area contributed by atoms with Crippen molar-refractivity contribution in [3.63, 3.8) is 0 Å². The van der Waals surface area contributed by atoms with Crippen LogP contribution in [-0.4, -0.2) is 36.9 Å². The molecule has 5 rings (SSSR count). The highest BCUT2D eigenvalue weighted by Crippen LogP contribution is 2.61. The van der Waals surface area contributed by atoms with Crippen LogP contribution in [0.15, 0.2) is 11.1 Å². The molecule has 0 bridgehead atoms. The van der Waals surface area contributed by atoms with Crippen molar-refractivity contribution in [2.75, 3.05) is 13.2 Å². The summed E-state index contributed by atoms with van der Waals surface area (Å²) in [7, 11) is 0. The van der Waals surface area contributed by atoms with E-state index in [1.54, 1.807) is 0 Å². The van der Waals surface area contributed by atoms with E-state index >= 15 is 0 Å². The molecule has 1 spiro atoms.